The highest BCUT2D eigenvalue weighted by Gasteiger charge is 2.30. The van der Waals surface area contributed by atoms with Crippen LogP contribution in [0, 0.1) is 5.92 Å². The summed E-state index contributed by atoms with van der Waals surface area (Å²) in [5, 5.41) is 0. The summed E-state index contributed by atoms with van der Waals surface area (Å²) in [6, 6.07) is 0.850. The highest BCUT2D eigenvalue weighted by atomic mass is 127. The van der Waals surface area contributed by atoms with Crippen LogP contribution in [0.2, 0.25) is 0 Å². The largest absolute Gasteiger partial charge is 0.305 e. The standard InChI is InChI=1S/C15H29IN4/c1-17-5-4-15(13-17)19-6-2-14(3-7-19)12-18-8-10-20(16)11-9-18/h14-15H,2-13H2,1H3. The maximum atomic E-state index is 2.77. The molecule has 0 aliphatic carbocycles. The first-order valence-electron chi connectivity index (χ1n) is 8.26. The molecular formula is C15H29IN4. The zero-order valence-electron chi connectivity index (χ0n) is 12.8. The summed E-state index contributed by atoms with van der Waals surface area (Å²) in [5.41, 5.74) is 0. The molecule has 3 rings (SSSR count). The first-order chi connectivity index (χ1) is 9.70. The summed E-state index contributed by atoms with van der Waals surface area (Å²) in [6.07, 6.45) is 4.23. The maximum absolute atomic E-state index is 2.77. The highest BCUT2D eigenvalue weighted by molar-refractivity contribution is 14.1. The fraction of sp³-hybridized carbons (Fsp3) is 1.00. The molecule has 3 fully saturated rings. The Labute approximate surface area is 137 Å². The number of piperidine rings is 1. The number of hydrogen-bond donors (Lipinski definition) is 0. The number of piperazine rings is 1. The number of likely N-dealkylation sites (tertiary alicyclic amines) is 2. The van der Waals surface area contributed by atoms with Gasteiger partial charge in [0.05, 0.1) is 0 Å². The van der Waals surface area contributed by atoms with Crippen LogP contribution < -0.4 is 0 Å². The predicted octanol–water partition coefficient (Wildman–Crippen LogP) is 1.37. The number of likely N-dealkylation sites (N-methyl/N-ethyl adjacent to an activating group) is 1. The van der Waals surface area contributed by atoms with E-state index >= 15 is 0 Å². The Morgan fingerprint density at radius 1 is 0.900 bits per heavy atom. The number of halogens is 1. The van der Waals surface area contributed by atoms with E-state index in [-0.39, 0.29) is 0 Å². The van der Waals surface area contributed by atoms with Crippen LogP contribution in [-0.4, -0.2) is 89.8 Å². The van der Waals surface area contributed by atoms with Crippen molar-refractivity contribution >= 4 is 22.9 Å². The van der Waals surface area contributed by atoms with E-state index in [1.165, 1.54) is 78.2 Å². The molecule has 1 unspecified atom stereocenters. The van der Waals surface area contributed by atoms with E-state index in [1.54, 1.807) is 0 Å². The molecule has 116 valence electrons. The zero-order chi connectivity index (χ0) is 13.9. The van der Waals surface area contributed by atoms with E-state index < -0.39 is 0 Å². The quantitative estimate of drug-likeness (QED) is 0.531. The first-order valence-corrected chi connectivity index (χ1v) is 9.23. The summed E-state index contributed by atoms with van der Waals surface area (Å²) in [4.78, 5) is 7.95. The third-order valence-corrected chi connectivity index (χ3v) is 6.33. The van der Waals surface area contributed by atoms with Gasteiger partial charge in [-0.05, 0) is 51.9 Å². The molecule has 0 saturated carbocycles. The number of rotatable bonds is 3. The van der Waals surface area contributed by atoms with Crippen molar-refractivity contribution in [2.75, 3.05) is 66.0 Å². The fourth-order valence-corrected chi connectivity index (χ4v) is 4.41. The Morgan fingerprint density at radius 3 is 2.20 bits per heavy atom. The normalized spacial score (nSPS) is 33.0. The second-order valence-electron chi connectivity index (χ2n) is 6.89. The van der Waals surface area contributed by atoms with Gasteiger partial charge in [0.1, 0.15) is 0 Å². The minimum Gasteiger partial charge on any atom is -0.305 e. The van der Waals surface area contributed by atoms with E-state index in [9.17, 15) is 0 Å². The van der Waals surface area contributed by atoms with Crippen molar-refractivity contribution in [3.05, 3.63) is 0 Å². The van der Waals surface area contributed by atoms with E-state index in [4.69, 9.17) is 0 Å². The van der Waals surface area contributed by atoms with Crippen LogP contribution in [-0.2, 0) is 0 Å². The van der Waals surface area contributed by atoms with Gasteiger partial charge in [-0.2, -0.15) is 0 Å². The minimum absolute atomic E-state index is 0.850. The van der Waals surface area contributed by atoms with E-state index in [0.717, 1.165) is 12.0 Å². The second-order valence-corrected chi connectivity index (χ2v) is 8.26. The molecule has 0 radical (unpaired) electrons. The van der Waals surface area contributed by atoms with Crippen LogP contribution in [0.5, 0.6) is 0 Å². The lowest BCUT2D eigenvalue weighted by Crippen LogP contribution is -2.47. The van der Waals surface area contributed by atoms with Crippen molar-refractivity contribution in [3.8, 4) is 0 Å². The molecular weight excluding hydrogens is 363 g/mol. The highest BCUT2D eigenvalue weighted by Crippen LogP contribution is 2.24. The molecule has 1 atom stereocenters. The van der Waals surface area contributed by atoms with Crippen LogP contribution in [0.15, 0.2) is 0 Å². The summed E-state index contributed by atoms with van der Waals surface area (Å²) < 4.78 is 2.42. The lowest BCUT2D eigenvalue weighted by molar-refractivity contribution is 0.102. The van der Waals surface area contributed by atoms with Crippen LogP contribution in [0.4, 0.5) is 0 Å². The Kier molecular flexibility index (Phi) is 5.58. The molecule has 0 spiro atoms. The molecule has 5 heteroatoms. The maximum Gasteiger partial charge on any atom is 0.0235 e. The van der Waals surface area contributed by atoms with Gasteiger partial charge >= 0.3 is 0 Å². The fourth-order valence-electron chi connectivity index (χ4n) is 3.98. The van der Waals surface area contributed by atoms with Crippen LogP contribution in [0.25, 0.3) is 0 Å². The summed E-state index contributed by atoms with van der Waals surface area (Å²) in [6.45, 7) is 11.7. The minimum atomic E-state index is 0.850. The number of nitrogens with zero attached hydrogens (tertiary/aromatic N) is 4. The van der Waals surface area contributed by atoms with E-state index in [2.05, 4.69) is 47.7 Å². The van der Waals surface area contributed by atoms with Gasteiger partial charge in [-0.3, -0.25) is 4.90 Å². The van der Waals surface area contributed by atoms with Crippen LogP contribution in [0.1, 0.15) is 19.3 Å². The van der Waals surface area contributed by atoms with E-state index in [0.29, 0.717) is 0 Å². The van der Waals surface area contributed by atoms with Crippen molar-refractivity contribution in [3.63, 3.8) is 0 Å². The van der Waals surface area contributed by atoms with Gasteiger partial charge in [-0.1, -0.05) is 0 Å². The van der Waals surface area contributed by atoms with Gasteiger partial charge in [0.25, 0.3) is 0 Å². The molecule has 3 aliphatic rings. The first kappa shape index (κ1) is 15.5. The Morgan fingerprint density at radius 2 is 1.60 bits per heavy atom. The number of hydrogen-bond acceptors (Lipinski definition) is 4. The van der Waals surface area contributed by atoms with Crippen molar-refractivity contribution in [1.82, 2.24) is 17.8 Å². The molecule has 0 amide bonds. The monoisotopic (exact) mass is 392 g/mol. The average molecular weight is 392 g/mol. The Balaban J connectivity index is 1.38. The second kappa shape index (κ2) is 7.22. The molecule has 0 aromatic heterocycles. The molecule has 0 bridgehead atoms. The molecule has 20 heavy (non-hydrogen) atoms. The van der Waals surface area contributed by atoms with Gasteiger partial charge in [0, 0.05) is 68.2 Å². The van der Waals surface area contributed by atoms with Crippen LogP contribution in [0.3, 0.4) is 0 Å². The Bertz CT molecular complexity index is 298. The third-order valence-electron chi connectivity index (χ3n) is 5.37. The molecule has 0 aromatic rings. The molecule has 0 N–H and O–H groups in total. The van der Waals surface area contributed by atoms with E-state index in [1.807, 2.05) is 0 Å². The molecule has 3 heterocycles. The summed E-state index contributed by atoms with van der Waals surface area (Å²) >= 11 is 2.46. The third kappa shape index (κ3) is 4.06. The van der Waals surface area contributed by atoms with Crippen molar-refractivity contribution in [2.24, 2.45) is 5.92 Å². The van der Waals surface area contributed by atoms with Gasteiger partial charge in [-0.25, -0.2) is 3.11 Å². The molecule has 0 aromatic carbocycles. The van der Waals surface area contributed by atoms with Crippen LogP contribution >= 0.6 is 22.9 Å². The van der Waals surface area contributed by atoms with Gasteiger partial charge < -0.3 is 9.80 Å². The lowest BCUT2D eigenvalue weighted by atomic mass is 9.94. The molecule has 4 nitrogen and oxygen atoms in total. The lowest BCUT2D eigenvalue weighted by Gasteiger charge is -2.39. The predicted molar refractivity (Wildman–Crippen MR) is 92.2 cm³/mol. The van der Waals surface area contributed by atoms with Crippen molar-refractivity contribution in [1.29, 1.82) is 0 Å². The van der Waals surface area contributed by atoms with Crippen molar-refractivity contribution in [2.45, 2.75) is 25.3 Å². The summed E-state index contributed by atoms with van der Waals surface area (Å²) in [7, 11) is 2.26. The molecule has 3 saturated heterocycles. The zero-order valence-corrected chi connectivity index (χ0v) is 15.0. The van der Waals surface area contributed by atoms with Gasteiger partial charge in [0.2, 0.25) is 0 Å². The average Bonchev–Trinajstić information content (AvgIpc) is 2.89. The summed E-state index contributed by atoms with van der Waals surface area (Å²) in [5.74, 6) is 0.950. The van der Waals surface area contributed by atoms with Gasteiger partial charge in [0.15, 0.2) is 0 Å². The van der Waals surface area contributed by atoms with Gasteiger partial charge in [-0.15, -0.1) is 0 Å². The topological polar surface area (TPSA) is 13.0 Å². The molecule has 3 aliphatic heterocycles. The SMILES string of the molecule is CN1CCC(N2CCC(CN3CCN(I)CC3)CC2)C1. The van der Waals surface area contributed by atoms with Crippen molar-refractivity contribution < 1.29 is 0 Å². The smallest absolute Gasteiger partial charge is 0.0235 e. The Hall–Kier alpha value is 0.570.